The molecule has 6 heteroatoms. The first kappa shape index (κ1) is 18.9. The largest absolute Gasteiger partial charge is 0.349 e. The number of benzene rings is 1. The van der Waals surface area contributed by atoms with Gasteiger partial charge < -0.3 is 10.6 Å². The predicted molar refractivity (Wildman–Crippen MR) is 105 cm³/mol. The van der Waals surface area contributed by atoms with Crippen LogP contribution in [-0.2, 0) is 6.54 Å². The van der Waals surface area contributed by atoms with Gasteiger partial charge in [-0.05, 0) is 58.2 Å². The summed E-state index contributed by atoms with van der Waals surface area (Å²) in [5.41, 5.74) is 1.77. The van der Waals surface area contributed by atoms with Crippen LogP contribution >= 0.6 is 11.6 Å². The summed E-state index contributed by atoms with van der Waals surface area (Å²) in [6.45, 7) is 9.37. The second kappa shape index (κ2) is 7.05. The van der Waals surface area contributed by atoms with E-state index in [-0.39, 0.29) is 23.0 Å². The van der Waals surface area contributed by atoms with Gasteiger partial charge in [-0.2, -0.15) is 5.10 Å². The molecule has 1 aromatic carbocycles. The molecule has 0 bridgehead atoms. The van der Waals surface area contributed by atoms with Crippen molar-refractivity contribution in [2.75, 3.05) is 0 Å². The molecule has 0 unspecified atom stereocenters. The van der Waals surface area contributed by atoms with E-state index in [1.807, 2.05) is 24.3 Å². The number of hydrogen-bond acceptors (Lipinski definition) is 3. The van der Waals surface area contributed by atoms with Crippen molar-refractivity contribution in [1.29, 1.82) is 0 Å². The van der Waals surface area contributed by atoms with Crippen molar-refractivity contribution in [3.63, 3.8) is 0 Å². The van der Waals surface area contributed by atoms with Crippen molar-refractivity contribution in [3.8, 4) is 0 Å². The zero-order valence-corrected chi connectivity index (χ0v) is 16.6. The van der Waals surface area contributed by atoms with Gasteiger partial charge in [-0.25, -0.2) is 0 Å². The van der Waals surface area contributed by atoms with Gasteiger partial charge in [-0.1, -0.05) is 23.7 Å². The number of nitrogens with zero attached hydrogens (tertiary/aromatic N) is 2. The fraction of sp³-hybridized carbons (Fsp3) is 0.500. The Labute approximate surface area is 160 Å². The predicted octanol–water partition coefficient (Wildman–Crippen LogP) is 3.62. The van der Waals surface area contributed by atoms with Crippen molar-refractivity contribution in [2.45, 2.75) is 64.2 Å². The van der Waals surface area contributed by atoms with Crippen LogP contribution in [0, 0.1) is 0 Å². The molecule has 2 N–H and O–H groups in total. The van der Waals surface area contributed by atoms with E-state index in [1.165, 1.54) is 0 Å². The van der Waals surface area contributed by atoms with E-state index in [4.69, 9.17) is 11.6 Å². The van der Waals surface area contributed by atoms with Crippen LogP contribution in [0.1, 0.15) is 56.5 Å². The summed E-state index contributed by atoms with van der Waals surface area (Å²) in [5.74, 6) is -0.0165. The summed E-state index contributed by atoms with van der Waals surface area (Å²) in [5, 5.41) is 11.6. The molecule has 140 valence electrons. The Morgan fingerprint density at radius 3 is 2.38 bits per heavy atom. The monoisotopic (exact) mass is 374 g/mol. The van der Waals surface area contributed by atoms with Gasteiger partial charge >= 0.3 is 0 Å². The molecular weight excluding hydrogens is 348 g/mol. The molecule has 1 saturated heterocycles. The molecule has 0 spiro atoms. The maximum Gasteiger partial charge on any atom is 0.251 e. The van der Waals surface area contributed by atoms with E-state index < -0.39 is 0 Å². The normalized spacial score (nSPS) is 19.3. The van der Waals surface area contributed by atoms with Crippen LogP contribution < -0.4 is 10.6 Å². The van der Waals surface area contributed by atoms with Crippen molar-refractivity contribution in [1.82, 2.24) is 20.4 Å². The number of carbonyl (C=O) groups is 1. The molecule has 5 nitrogen and oxygen atoms in total. The number of amides is 1. The Morgan fingerprint density at radius 1 is 1.23 bits per heavy atom. The molecule has 0 aliphatic carbocycles. The van der Waals surface area contributed by atoms with E-state index in [9.17, 15) is 4.79 Å². The summed E-state index contributed by atoms with van der Waals surface area (Å²) in [6, 6.07) is 7.82. The van der Waals surface area contributed by atoms with Crippen molar-refractivity contribution in [2.24, 2.45) is 0 Å². The number of halogens is 1. The molecular formula is C20H27ClN4O. The number of piperidine rings is 1. The zero-order chi connectivity index (χ0) is 18.9. The molecule has 2 aromatic rings. The Morgan fingerprint density at radius 2 is 1.85 bits per heavy atom. The lowest BCUT2D eigenvalue weighted by atomic mass is 9.79. The average Bonchev–Trinajstić information content (AvgIpc) is 2.89. The minimum Gasteiger partial charge on any atom is -0.349 e. The number of nitrogens with one attached hydrogen (secondary N) is 2. The Kier molecular flexibility index (Phi) is 5.13. The SMILES string of the molecule is CC1(C)CC(NC(=O)c2ccc(Cn3cc(Cl)cn3)cc2)CC(C)(C)N1. The maximum atomic E-state index is 12.6. The van der Waals surface area contributed by atoms with E-state index in [0.717, 1.165) is 18.4 Å². The number of aromatic nitrogens is 2. The molecule has 1 amide bonds. The Bertz CT molecular complexity index is 763. The van der Waals surface area contributed by atoms with Gasteiger partial charge in [-0.15, -0.1) is 0 Å². The average molecular weight is 375 g/mol. The highest BCUT2D eigenvalue weighted by Gasteiger charge is 2.38. The Balaban J connectivity index is 1.63. The van der Waals surface area contributed by atoms with Gasteiger partial charge in [-0.3, -0.25) is 9.48 Å². The van der Waals surface area contributed by atoms with E-state index in [2.05, 4.69) is 43.4 Å². The third-order valence-electron chi connectivity index (χ3n) is 4.69. The van der Waals surface area contributed by atoms with Crippen LogP contribution in [0.25, 0.3) is 0 Å². The van der Waals surface area contributed by atoms with Crippen LogP contribution in [0.4, 0.5) is 0 Å². The van der Waals surface area contributed by atoms with E-state index in [1.54, 1.807) is 17.1 Å². The van der Waals surface area contributed by atoms with Gasteiger partial charge in [0.15, 0.2) is 0 Å². The van der Waals surface area contributed by atoms with Gasteiger partial charge in [0.1, 0.15) is 0 Å². The third-order valence-corrected chi connectivity index (χ3v) is 4.88. The molecule has 0 saturated carbocycles. The van der Waals surface area contributed by atoms with E-state index in [0.29, 0.717) is 17.1 Å². The van der Waals surface area contributed by atoms with Crippen LogP contribution in [0.2, 0.25) is 5.02 Å². The van der Waals surface area contributed by atoms with Crippen molar-refractivity contribution in [3.05, 3.63) is 52.8 Å². The van der Waals surface area contributed by atoms with Crippen molar-refractivity contribution >= 4 is 17.5 Å². The molecule has 0 atom stereocenters. The topological polar surface area (TPSA) is 59.0 Å². The molecule has 3 rings (SSSR count). The summed E-state index contributed by atoms with van der Waals surface area (Å²) < 4.78 is 1.77. The first-order valence-corrected chi connectivity index (χ1v) is 9.37. The summed E-state index contributed by atoms with van der Waals surface area (Å²) in [4.78, 5) is 12.6. The molecule has 1 aliphatic rings. The lowest BCUT2D eigenvalue weighted by molar-refractivity contribution is 0.0873. The minimum absolute atomic E-state index is 0.00852. The standard InChI is InChI=1S/C20H27ClN4O/c1-19(2)9-17(10-20(3,4)24-19)23-18(26)15-7-5-14(6-8-15)12-25-13-16(21)11-22-25/h5-8,11,13,17,24H,9-10,12H2,1-4H3,(H,23,26). The van der Waals surface area contributed by atoms with Gasteiger partial charge in [0.25, 0.3) is 5.91 Å². The van der Waals surface area contributed by atoms with Crippen LogP contribution in [0.3, 0.4) is 0 Å². The van der Waals surface area contributed by atoms with Gasteiger partial charge in [0, 0.05) is 28.9 Å². The van der Waals surface area contributed by atoms with Crippen LogP contribution in [-0.4, -0.2) is 32.8 Å². The van der Waals surface area contributed by atoms with Crippen molar-refractivity contribution < 1.29 is 4.79 Å². The second-order valence-electron chi connectivity index (χ2n) is 8.52. The molecule has 1 fully saturated rings. The highest BCUT2D eigenvalue weighted by atomic mass is 35.5. The molecule has 1 aromatic heterocycles. The smallest absolute Gasteiger partial charge is 0.251 e. The molecule has 2 heterocycles. The highest BCUT2D eigenvalue weighted by Crippen LogP contribution is 2.28. The fourth-order valence-corrected chi connectivity index (χ4v) is 4.22. The van der Waals surface area contributed by atoms with Crippen LogP contribution in [0.15, 0.2) is 36.7 Å². The second-order valence-corrected chi connectivity index (χ2v) is 8.96. The summed E-state index contributed by atoms with van der Waals surface area (Å²) >= 11 is 5.89. The summed E-state index contributed by atoms with van der Waals surface area (Å²) in [6.07, 6.45) is 5.23. The highest BCUT2D eigenvalue weighted by molar-refractivity contribution is 6.30. The van der Waals surface area contributed by atoms with Gasteiger partial charge in [0.05, 0.1) is 17.8 Å². The lowest BCUT2D eigenvalue weighted by Crippen LogP contribution is -2.62. The Hall–Kier alpha value is -1.85. The fourth-order valence-electron chi connectivity index (χ4n) is 4.07. The summed E-state index contributed by atoms with van der Waals surface area (Å²) in [7, 11) is 0. The number of carbonyl (C=O) groups excluding carboxylic acids is 1. The third kappa shape index (κ3) is 4.86. The molecule has 1 aliphatic heterocycles. The molecule has 0 radical (unpaired) electrons. The minimum atomic E-state index is -0.0165. The quantitative estimate of drug-likeness (QED) is 0.859. The lowest BCUT2D eigenvalue weighted by Gasteiger charge is -2.46. The zero-order valence-electron chi connectivity index (χ0n) is 15.8. The molecule has 26 heavy (non-hydrogen) atoms. The number of rotatable bonds is 4. The number of hydrogen-bond donors (Lipinski definition) is 2. The van der Waals surface area contributed by atoms with Gasteiger partial charge in [0.2, 0.25) is 0 Å². The first-order chi connectivity index (χ1) is 12.1. The first-order valence-electron chi connectivity index (χ1n) is 8.99. The maximum absolute atomic E-state index is 12.6. The van der Waals surface area contributed by atoms with E-state index >= 15 is 0 Å². The van der Waals surface area contributed by atoms with Crippen LogP contribution in [0.5, 0.6) is 0 Å².